The lowest BCUT2D eigenvalue weighted by molar-refractivity contribution is -0.328. The van der Waals surface area contributed by atoms with Crippen LogP contribution in [-0.4, -0.2) is 49.7 Å². The van der Waals surface area contributed by atoms with Gasteiger partial charge in [-0.2, -0.15) is 0 Å². The Labute approximate surface area is 216 Å². The second kappa shape index (κ2) is 7.55. The number of hydrogen-bond acceptors (Lipinski definition) is 6. The minimum absolute atomic E-state index is 0.0230. The van der Waals surface area contributed by atoms with Crippen LogP contribution in [0.1, 0.15) is 67.7 Å². The van der Waals surface area contributed by atoms with Gasteiger partial charge in [-0.25, -0.2) is 0 Å². The summed E-state index contributed by atoms with van der Waals surface area (Å²) in [5, 5.41) is 0. The lowest BCUT2D eigenvalue weighted by Crippen LogP contribution is -2.77. The van der Waals surface area contributed by atoms with Crippen LogP contribution in [0.3, 0.4) is 0 Å². The van der Waals surface area contributed by atoms with Crippen molar-refractivity contribution in [3.05, 3.63) is 11.1 Å². The average Bonchev–Trinajstić information content (AvgIpc) is 3.06. The van der Waals surface area contributed by atoms with E-state index in [1.165, 1.54) is 18.1 Å². The van der Waals surface area contributed by atoms with Gasteiger partial charge in [0.15, 0.2) is 5.60 Å². The quantitative estimate of drug-likeness (QED) is 0.281. The molecule has 3 aliphatic carbocycles. The summed E-state index contributed by atoms with van der Waals surface area (Å²) in [5.74, 6) is -1.22. The van der Waals surface area contributed by atoms with Crippen molar-refractivity contribution in [1.29, 1.82) is 0 Å². The molecule has 0 aromatic heterocycles. The van der Waals surface area contributed by atoms with Crippen LogP contribution in [0.5, 0.6) is 0 Å². The molecule has 6 nitrogen and oxygen atoms in total. The maximum atomic E-state index is 14.8. The van der Waals surface area contributed by atoms with E-state index >= 15 is 0 Å². The highest BCUT2D eigenvalue weighted by molar-refractivity contribution is 6.78. The van der Waals surface area contributed by atoms with Crippen LogP contribution < -0.4 is 0 Å². The van der Waals surface area contributed by atoms with E-state index in [4.69, 9.17) is 14.2 Å². The first-order chi connectivity index (χ1) is 16.4. The van der Waals surface area contributed by atoms with Gasteiger partial charge in [0.1, 0.15) is 17.5 Å². The highest BCUT2D eigenvalue weighted by Crippen LogP contribution is 2.71. The van der Waals surface area contributed by atoms with E-state index in [2.05, 4.69) is 61.2 Å². The van der Waals surface area contributed by atoms with Gasteiger partial charge in [-0.05, 0) is 31.2 Å². The summed E-state index contributed by atoms with van der Waals surface area (Å²) in [7, 11) is -1.73. The highest BCUT2D eigenvalue weighted by atomic mass is 28.3. The number of ketones is 1. The number of fused-ring (bicyclic) bond motifs is 5. The first kappa shape index (κ1) is 26.1. The van der Waals surface area contributed by atoms with E-state index in [1.807, 2.05) is 0 Å². The minimum atomic E-state index is -1.73. The summed E-state index contributed by atoms with van der Waals surface area (Å²) < 4.78 is 18.8. The second-order valence-electron chi connectivity index (χ2n) is 14.3. The van der Waals surface area contributed by atoms with Gasteiger partial charge < -0.3 is 14.2 Å². The zero-order valence-electron chi connectivity index (χ0n) is 23.7. The third-order valence-electron chi connectivity index (χ3n) is 11.4. The summed E-state index contributed by atoms with van der Waals surface area (Å²) in [6.45, 7) is 21.7. The fraction of sp³-hybridized carbons (Fsp3) is 0.828. The molecule has 2 bridgehead atoms. The van der Waals surface area contributed by atoms with Gasteiger partial charge in [0.05, 0.1) is 21.1 Å². The van der Waals surface area contributed by atoms with Crippen molar-refractivity contribution >= 4 is 25.8 Å². The smallest absolute Gasteiger partial charge is 0.306 e. The number of carbonyl (C=O) groups excluding carboxylic acids is 3. The van der Waals surface area contributed by atoms with Gasteiger partial charge in [-0.3, -0.25) is 14.4 Å². The molecule has 0 aromatic rings. The minimum Gasteiger partial charge on any atom is -0.458 e. The van der Waals surface area contributed by atoms with Crippen LogP contribution in [0.4, 0.5) is 0 Å². The number of hydrogen-bond donors (Lipinski definition) is 0. The maximum Gasteiger partial charge on any atom is 0.306 e. The molecule has 200 valence electrons. The third kappa shape index (κ3) is 2.96. The molecule has 4 fully saturated rings. The third-order valence-corrected chi connectivity index (χ3v) is 14.2. The van der Waals surface area contributed by atoms with E-state index in [-0.39, 0.29) is 60.5 Å². The predicted octanol–water partition coefficient (Wildman–Crippen LogP) is 5.32. The Bertz CT molecular complexity index is 1070. The molecule has 0 amide bonds. The Balaban J connectivity index is 1.85. The Morgan fingerprint density at radius 3 is 2.28 bits per heavy atom. The van der Waals surface area contributed by atoms with E-state index in [0.717, 1.165) is 6.42 Å². The molecule has 2 aliphatic heterocycles. The Morgan fingerprint density at radius 1 is 1.11 bits per heavy atom. The molecule has 5 aliphatic rings. The molecule has 2 saturated heterocycles. The lowest BCUT2D eigenvalue weighted by Gasteiger charge is -2.68. The van der Waals surface area contributed by atoms with Crippen molar-refractivity contribution in [2.24, 2.45) is 34.5 Å². The average molecular weight is 517 g/mol. The van der Waals surface area contributed by atoms with Crippen LogP contribution in [0.15, 0.2) is 11.1 Å². The maximum absolute atomic E-state index is 14.8. The number of rotatable bonds is 2. The molecule has 7 heteroatoms. The van der Waals surface area contributed by atoms with Crippen molar-refractivity contribution in [2.75, 3.05) is 6.61 Å². The first-order valence-corrected chi connectivity index (χ1v) is 17.3. The van der Waals surface area contributed by atoms with Crippen LogP contribution in [0.25, 0.3) is 0 Å². The number of esters is 2. The van der Waals surface area contributed by atoms with Gasteiger partial charge in [-0.1, -0.05) is 65.4 Å². The van der Waals surface area contributed by atoms with Crippen molar-refractivity contribution in [3.8, 4) is 0 Å². The lowest BCUT2D eigenvalue weighted by atomic mass is 9.40. The van der Waals surface area contributed by atoms with Gasteiger partial charge in [0.25, 0.3) is 0 Å². The summed E-state index contributed by atoms with van der Waals surface area (Å²) in [5.41, 5.74) is -0.149. The summed E-state index contributed by atoms with van der Waals surface area (Å²) in [6.07, 6.45) is 1.41. The molecule has 0 aromatic carbocycles. The van der Waals surface area contributed by atoms with E-state index in [9.17, 15) is 14.4 Å². The topological polar surface area (TPSA) is 78.9 Å². The molecule has 1 spiro atoms. The standard InChI is InChI=1S/C29H44O6Si/c1-15-11-21-28(14-33-21,34-18(4)30)24-19-12-22(31)35-29(19)13-20(36(8,9)10)16(2)23(26(29,5)6)17(3)25(32)27(15,24)7/h15,17,19-21,24H,11-14H2,1-10H3/t15-,17+,19-,20-,21+,24-,27+,28-,29+/m0/s1. The molecular weight excluding hydrogens is 472 g/mol. The molecule has 0 radical (unpaired) electrons. The fourth-order valence-electron chi connectivity index (χ4n) is 9.78. The van der Waals surface area contributed by atoms with Crippen molar-refractivity contribution < 1.29 is 28.6 Å². The summed E-state index contributed by atoms with van der Waals surface area (Å²) in [4.78, 5) is 40.7. The molecule has 36 heavy (non-hydrogen) atoms. The molecule has 2 saturated carbocycles. The Morgan fingerprint density at radius 2 is 1.75 bits per heavy atom. The second-order valence-corrected chi connectivity index (χ2v) is 19.8. The molecule has 0 N–H and O–H groups in total. The normalized spacial score (nSPS) is 47.5. The monoisotopic (exact) mass is 516 g/mol. The number of ether oxygens (including phenoxy) is 3. The fourth-order valence-corrected chi connectivity index (χ4v) is 12.1. The van der Waals surface area contributed by atoms with Crippen LogP contribution in [0.2, 0.25) is 25.2 Å². The molecule has 2 heterocycles. The van der Waals surface area contributed by atoms with Gasteiger partial charge in [0.2, 0.25) is 0 Å². The van der Waals surface area contributed by atoms with Crippen molar-refractivity contribution in [1.82, 2.24) is 0 Å². The van der Waals surface area contributed by atoms with E-state index in [0.29, 0.717) is 12.0 Å². The number of carbonyl (C=O) groups is 3. The van der Waals surface area contributed by atoms with Gasteiger partial charge in [0, 0.05) is 35.5 Å². The van der Waals surface area contributed by atoms with Crippen molar-refractivity contribution in [2.45, 2.75) is 110 Å². The number of allylic oxidation sites excluding steroid dienone is 1. The van der Waals surface area contributed by atoms with Gasteiger partial charge in [-0.15, -0.1) is 0 Å². The molecular formula is C29H44O6Si. The van der Waals surface area contributed by atoms with E-state index in [1.54, 1.807) is 0 Å². The number of Topliss-reactive ketones (excluding diaryl/α,β-unsaturated/α-hetero) is 1. The van der Waals surface area contributed by atoms with Crippen LogP contribution in [0, 0.1) is 34.5 Å². The highest BCUT2D eigenvalue weighted by Gasteiger charge is 2.78. The largest absolute Gasteiger partial charge is 0.458 e. The summed E-state index contributed by atoms with van der Waals surface area (Å²) in [6, 6.07) is 0. The first-order valence-electron chi connectivity index (χ1n) is 13.7. The Hall–Kier alpha value is -1.47. The molecule has 0 unspecified atom stereocenters. The molecule has 5 rings (SSSR count). The molecule has 9 atom stereocenters. The van der Waals surface area contributed by atoms with E-state index < -0.39 is 30.1 Å². The Kier molecular flexibility index (Phi) is 5.49. The van der Waals surface area contributed by atoms with Crippen LogP contribution >= 0.6 is 0 Å². The zero-order chi connectivity index (χ0) is 26.8. The van der Waals surface area contributed by atoms with Crippen molar-refractivity contribution in [3.63, 3.8) is 0 Å². The van der Waals surface area contributed by atoms with Gasteiger partial charge >= 0.3 is 11.9 Å². The van der Waals surface area contributed by atoms with Crippen LogP contribution in [-0.2, 0) is 28.6 Å². The summed E-state index contributed by atoms with van der Waals surface area (Å²) >= 11 is 0. The SMILES string of the molecule is CC(=O)O[C@@]12CO[C@@H]1C[C@H](C)[C@@]1(C)C(=O)[C@H](C)C3=C(C)[C@@H]([Si](C)(C)C)C[C@]4(OC(=O)C[C@H]4[C@H]21)C3(C)C. The zero-order valence-corrected chi connectivity index (χ0v) is 24.7. The predicted molar refractivity (Wildman–Crippen MR) is 139 cm³/mol.